The first-order chi connectivity index (χ1) is 23.1. The van der Waals surface area contributed by atoms with Crippen LogP contribution in [0.15, 0.2) is 104 Å². The number of fused-ring (bicyclic) bond motifs is 2. The lowest BCUT2D eigenvalue weighted by molar-refractivity contribution is -0.136. The predicted octanol–water partition coefficient (Wildman–Crippen LogP) is 8.54. The fraction of sp³-hybridized carbons (Fsp3) is 0.282. The minimum Gasteiger partial charge on any atom is -0.466 e. The molecule has 2 aromatic heterocycles. The van der Waals surface area contributed by atoms with Gasteiger partial charge in [-0.1, -0.05) is 36.4 Å². The number of dihydropyridines is 2. The Kier molecular flexibility index (Phi) is 9.24. The number of carbonyl (C=O) groups excluding carboxylic acids is 3. The lowest BCUT2D eigenvalue weighted by Crippen LogP contribution is -2.30. The minimum absolute atomic E-state index is 0.00142. The Hall–Kier alpha value is -4.78. The maximum absolute atomic E-state index is 12.7. The number of ketones is 2. The van der Waals surface area contributed by atoms with Crippen LogP contribution in [0.3, 0.4) is 0 Å². The molecule has 0 amide bonds. The quantitative estimate of drug-likeness (QED) is 0.197. The summed E-state index contributed by atoms with van der Waals surface area (Å²) in [5.41, 5.74) is 8.04. The lowest BCUT2D eigenvalue weighted by atomic mass is 9.77. The van der Waals surface area contributed by atoms with E-state index in [0.717, 1.165) is 62.2 Å². The van der Waals surface area contributed by atoms with Gasteiger partial charge < -0.3 is 15.4 Å². The number of nitriles is 1. The molecule has 0 radical (unpaired) electrons. The number of esters is 1. The Morgan fingerprint density at radius 2 is 1.25 bits per heavy atom. The molecule has 0 spiro atoms. The van der Waals surface area contributed by atoms with Crippen molar-refractivity contribution in [3.05, 3.63) is 115 Å². The van der Waals surface area contributed by atoms with Crippen LogP contribution in [0.2, 0.25) is 0 Å². The van der Waals surface area contributed by atoms with Crippen LogP contribution in [0.25, 0.3) is 20.2 Å². The second-order valence-electron chi connectivity index (χ2n) is 12.4. The van der Waals surface area contributed by atoms with Crippen molar-refractivity contribution in [1.29, 1.82) is 5.26 Å². The Labute approximate surface area is 288 Å². The summed E-state index contributed by atoms with van der Waals surface area (Å²) in [5.74, 6) is -0.650. The lowest BCUT2D eigenvalue weighted by Gasteiger charge is -2.30. The van der Waals surface area contributed by atoms with Crippen LogP contribution < -0.4 is 10.6 Å². The van der Waals surface area contributed by atoms with Gasteiger partial charge >= 0.3 is 5.97 Å². The predicted molar refractivity (Wildman–Crippen MR) is 192 cm³/mol. The molecule has 1 aliphatic carbocycles. The van der Waals surface area contributed by atoms with Crippen molar-refractivity contribution in [2.24, 2.45) is 5.92 Å². The van der Waals surface area contributed by atoms with E-state index in [1.165, 1.54) is 11.8 Å². The smallest absolute Gasteiger partial charge is 0.336 e. The van der Waals surface area contributed by atoms with Gasteiger partial charge in [0.15, 0.2) is 11.6 Å². The van der Waals surface area contributed by atoms with Crippen LogP contribution in [0.1, 0.15) is 70.4 Å². The fourth-order valence-electron chi connectivity index (χ4n) is 7.03. The fourth-order valence-corrected chi connectivity index (χ4v) is 9.00. The number of nitrogens with zero attached hydrogens (tertiary/aromatic N) is 1. The molecule has 1 fully saturated rings. The summed E-state index contributed by atoms with van der Waals surface area (Å²) < 4.78 is 7.43. The number of hydrogen-bond acceptors (Lipinski definition) is 9. The second-order valence-corrected chi connectivity index (χ2v) is 14.2. The molecule has 0 bridgehead atoms. The van der Waals surface area contributed by atoms with Gasteiger partial charge in [-0.2, -0.15) is 5.26 Å². The molecule has 4 aromatic rings. The van der Waals surface area contributed by atoms with Crippen molar-refractivity contribution < 1.29 is 19.1 Å². The first kappa shape index (κ1) is 33.1. The summed E-state index contributed by atoms with van der Waals surface area (Å²) in [5, 5.41) is 22.7. The monoisotopic (exact) mass is 675 g/mol. The number of rotatable bonds is 6. The summed E-state index contributed by atoms with van der Waals surface area (Å²) in [6, 6.07) is 18.6. The van der Waals surface area contributed by atoms with Gasteiger partial charge in [0.1, 0.15) is 0 Å². The van der Waals surface area contributed by atoms with Crippen molar-refractivity contribution in [2.75, 3.05) is 7.11 Å². The first-order valence-corrected chi connectivity index (χ1v) is 17.7. The van der Waals surface area contributed by atoms with Crippen LogP contribution in [-0.4, -0.2) is 24.6 Å². The average molecular weight is 676 g/mol. The van der Waals surface area contributed by atoms with Crippen molar-refractivity contribution in [1.82, 2.24) is 10.6 Å². The molecule has 9 heteroatoms. The summed E-state index contributed by atoms with van der Waals surface area (Å²) >= 11 is 3.29. The zero-order chi connectivity index (χ0) is 34.3. The second kappa shape index (κ2) is 13.4. The molecule has 1 unspecified atom stereocenters. The molecule has 244 valence electrons. The highest BCUT2D eigenvalue weighted by Gasteiger charge is 2.41. The number of nitrogens with one attached hydrogen (secondary N) is 2. The van der Waals surface area contributed by atoms with E-state index in [4.69, 9.17) is 4.74 Å². The Morgan fingerprint density at radius 3 is 1.71 bits per heavy atom. The molecule has 3 aliphatic rings. The van der Waals surface area contributed by atoms with Gasteiger partial charge in [0.2, 0.25) is 0 Å². The standard InChI is InChI=1S/C20H18N2O2S.C19H19NO2S/c1-11-14(9-21)17(15-10-25-16-6-4-3-5-13(15)16)18(20(23)24-2)19(22-11)12-7-8-12;1-10-17(12(3)21)19(18(13(4)22)11(2)20-10)15-9-23-16-8-6-5-7-14(15)16/h3-6,10,12,17,22H,7-8H2,1-2H3;5-9,19-20H,1-4H3. The molecule has 2 aromatic carbocycles. The minimum atomic E-state index is -0.370. The summed E-state index contributed by atoms with van der Waals surface area (Å²) in [4.78, 5) is 37.3. The van der Waals surface area contributed by atoms with Gasteiger partial charge in [-0.3, -0.25) is 9.59 Å². The van der Waals surface area contributed by atoms with E-state index in [-0.39, 0.29) is 29.4 Å². The molecule has 2 aliphatic heterocycles. The van der Waals surface area contributed by atoms with Crippen molar-refractivity contribution in [2.45, 2.75) is 59.3 Å². The van der Waals surface area contributed by atoms with Crippen LogP contribution in [-0.2, 0) is 19.1 Å². The maximum Gasteiger partial charge on any atom is 0.336 e. The third kappa shape index (κ3) is 5.91. The summed E-state index contributed by atoms with van der Waals surface area (Å²) in [7, 11) is 1.40. The summed E-state index contributed by atoms with van der Waals surface area (Å²) in [6.45, 7) is 8.86. The van der Waals surface area contributed by atoms with E-state index < -0.39 is 0 Å². The van der Waals surface area contributed by atoms with Crippen molar-refractivity contribution in [3.63, 3.8) is 0 Å². The van der Waals surface area contributed by atoms with Crippen LogP contribution in [0.4, 0.5) is 0 Å². The van der Waals surface area contributed by atoms with E-state index >= 15 is 0 Å². The SMILES string of the molecule is CC(=O)C1=C(C)NC(C)=C(C(C)=O)C1c1csc2ccccc12.COC(=O)C1=C(C2CC2)NC(C)=C(C#N)C1c1csc2ccccc12. The van der Waals surface area contributed by atoms with Gasteiger partial charge in [0, 0.05) is 49.3 Å². The summed E-state index contributed by atoms with van der Waals surface area (Å²) in [6.07, 6.45) is 2.13. The molecule has 48 heavy (non-hydrogen) atoms. The highest BCUT2D eigenvalue weighted by molar-refractivity contribution is 7.17. The maximum atomic E-state index is 12.7. The zero-order valence-electron chi connectivity index (χ0n) is 27.8. The number of methoxy groups -OCH3 is 1. The van der Waals surface area contributed by atoms with E-state index in [2.05, 4.69) is 51.7 Å². The largest absolute Gasteiger partial charge is 0.466 e. The number of carbonyl (C=O) groups is 3. The van der Waals surface area contributed by atoms with E-state index in [9.17, 15) is 19.6 Å². The van der Waals surface area contributed by atoms with Crippen LogP contribution >= 0.6 is 22.7 Å². The van der Waals surface area contributed by atoms with E-state index in [0.29, 0.717) is 28.2 Å². The third-order valence-corrected chi connectivity index (χ3v) is 11.2. The highest BCUT2D eigenvalue weighted by Crippen LogP contribution is 2.48. The molecule has 0 saturated heterocycles. The number of allylic oxidation sites excluding steroid dienone is 7. The number of hydrogen-bond donors (Lipinski definition) is 2. The normalized spacial score (nSPS) is 18.3. The molecular formula is C39H37N3O4S2. The van der Waals surface area contributed by atoms with Gasteiger partial charge in [0.25, 0.3) is 0 Å². The van der Waals surface area contributed by atoms with Crippen LogP contribution in [0, 0.1) is 17.2 Å². The molecule has 4 heterocycles. The zero-order valence-corrected chi connectivity index (χ0v) is 29.4. The number of ether oxygens (including phenoxy) is 1. The first-order valence-electron chi connectivity index (χ1n) is 15.9. The van der Waals surface area contributed by atoms with E-state index in [1.54, 1.807) is 36.5 Å². The molecule has 2 N–H and O–H groups in total. The Balaban J connectivity index is 0.000000168. The number of Topliss-reactive ketones (excluding diaryl/α,β-unsaturated/α-hetero) is 2. The van der Waals surface area contributed by atoms with Gasteiger partial charge in [-0.05, 0) is 98.2 Å². The Bertz CT molecular complexity index is 2130. The molecule has 7 rings (SSSR count). The number of thiophene rings is 2. The third-order valence-electron chi connectivity index (χ3n) is 9.27. The van der Waals surface area contributed by atoms with Crippen LogP contribution in [0.5, 0.6) is 0 Å². The molecule has 1 atom stereocenters. The highest BCUT2D eigenvalue weighted by atomic mass is 32.1. The topological polar surface area (TPSA) is 108 Å². The average Bonchev–Trinajstić information content (AvgIpc) is 3.68. The van der Waals surface area contributed by atoms with Gasteiger partial charge in [-0.15, -0.1) is 22.7 Å². The Morgan fingerprint density at radius 1 is 0.750 bits per heavy atom. The molecular weight excluding hydrogens is 639 g/mol. The van der Waals surface area contributed by atoms with Gasteiger partial charge in [0.05, 0.1) is 30.2 Å². The van der Waals surface area contributed by atoms with Gasteiger partial charge in [-0.25, -0.2) is 4.79 Å². The number of benzene rings is 2. The van der Waals surface area contributed by atoms with E-state index in [1.807, 2.05) is 45.0 Å². The van der Waals surface area contributed by atoms with Crippen molar-refractivity contribution in [3.8, 4) is 6.07 Å². The molecule has 7 nitrogen and oxygen atoms in total. The van der Waals surface area contributed by atoms with Crippen molar-refractivity contribution >= 4 is 60.4 Å². The molecule has 1 saturated carbocycles.